The third-order valence-corrected chi connectivity index (χ3v) is 5.15. The average Bonchev–Trinajstić information content (AvgIpc) is 3.07. The molecule has 1 nitrogen and oxygen atoms in total. The molecule has 0 aliphatic carbocycles. The molecule has 0 aliphatic heterocycles. The van der Waals surface area contributed by atoms with Gasteiger partial charge in [0, 0.05) is 22.4 Å². The van der Waals surface area contributed by atoms with E-state index in [9.17, 15) is 0 Å². The van der Waals surface area contributed by atoms with E-state index in [1.54, 1.807) is 0 Å². The first kappa shape index (κ1) is 11.5. The van der Waals surface area contributed by atoms with E-state index >= 15 is 0 Å². The summed E-state index contributed by atoms with van der Waals surface area (Å²) < 4.78 is 2.35. The number of para-hydroxylation sites is 1. The van der Waals surface area contributed by atoms with Gasteiger partial charge in [-0.3, -0.25) is 0 Å². The van der Waals surface area contributed by atoms with Gasteiger partial charge in [-0.2, -0.15) is 0 Å². The molecule has 0 radical (unpaired) electrons. The Labute approximate surface area is 132 Å². The smallest absolute Gasteiger partial charge is 0.0619 e. The first-order valence-corrected chi connectivity index (χ1v) is 7.98. The lowest BCUT2D eigenvalue weighted by atomic mass is 9.94. The quantitative estimate of drug-likeness (QED) is 0.239. The Bertz CT molecular complexity index is 1250. The third kappa shape index (κ3) is 1.25. The second-order valence-electron chi connectivity index (χ2n) is 6.24. The van der Waals surface area contributed by atoms with E-state index in [2.05, 4.69) is 83.4 Å². The Morgan fingerprint density at radius 2 is 1.09 bits per heavy atom. The summed E-state index contributed by atoms with van der Waals surface area (Å²) in [5, 5.41) is 9.41. The summed E-state index contributed by atoms with van der Waals surface area (Å²) in [6.45, 7) is 0. The standard InChI is InChI=1S/C22H13N/c1-2-7-15-14(6-1)17-9-5-10-18-16-8-3-4-11-20(16)23-13-12-19(15)22(23)21(17)18/h1-13H. The lowest BCUT2D eigenvalue weighted by Gasteiger charge is -2.14. The predicted octanol–water partition coefficient (Wildman–Crippen LogP) is 5.99. The molecule has 0 saturated carbocycles. The summed E-state index contributed by atoms with van der Waals surface area (Å²) >= 11 is 0. The Morgan fingerprint density at radius 3 is 1.91 bits per heavy atom. The van der Waals surface area contributed by atoms with Crippen LogP contribution in [0, 0.1) is 0 Å². The van der Waals surface area contributed by atoms with E-state index in [4.69, 9.17) is 0 Å². The molecule has 0 atom stereocenters. The largest absolute Gasteiger partial charge is 0.315 e. The summed E-state index contributed by atoms with van der Waals surface area (Å²) in [5.41, 5.74) is 2.62. The van der Waals surface area contributed by atoms with Gasteiger partial charge in [0.15, 0.2) is 0 Å². The molecule has 0 fully saturated rings. The van der Waals surface area contributed by atoms with Gasteiger partial charge in [0.05, 0.1) is 11.0 Å². The molecule has 1 heteroatoms. The number of nitrogens with zero attached hydrogens (tertiary/aromatic N) is 1. The van der Waals surface area contributed by atoms with Gasteiger partial charge in [-0.1, -0.05) is 60.7 Å². The normalized spacial score (nSPS) is 12.3. The van der Waals surface area contributed by atoms with Crippen LogP contribution in [0.25, 0.3) is 48.7 Å². The Balaban J connectivity index is 2.15. The summed E-state index contributed by atoms with van der Waals surface area (Å²) in [6.07, 6.45) is 2.21. The van der Waals surface area contributed by atoms with E-state index in [0.717, 1.165) is 0 Å². The monoisotopic (exact) mass is 291 g/mol. The zero-order chi connectivity index (χ0) is 15.0. The van der Waals surface area contributed by atoms with Crippen LogP contribution in [0.15, 0.2) is 79.0 Å². The molecule has 6 rings (SSSR count). The van der Waals surface area contributed by atoms with Gasteiger partial charge in [-0.25, -0.2) is 0 Å². The zero-order valence-electron chi connectivity index (χ0n) is 12.5. The lowest BCUT2D eigenvalue weighted by molar-refractivity contribution is 1.29. The number of aromatic nitrogens is 1. The molecule has 23 heavy (non-hydrogen) atoms. The highest BCUT2D eigenvalue weighted by atomic mass is 14.9. The van der Waals surface area contributed by atoms with Crippen molar-refractivity contribution < 1.29 is 0 Å². The molecule has 2 heterocycles. The van der Waals surface area contributed by atoms with Crippen molar-refractivity contribution in [1.29, 1.82) is 0 Å². The molecule has 0 spiro atoms. The van der Waals surface area contributed by atoms with Crippen LogP contribution in [-0.4, -0.2) is 4.40 Å². The van der Waals surface area contributed by atoms with E-state index in [1.165, 1.54) is 48.7 Å². The van der Waals surface area contributed by atoms with Crippen molar-refractivity contribution in [3.8, 4) is 0 Å². The molecule has 6 aromatic rings. The number of rotatable bonds is 0. The predicted molar refractivity (Wildman–Crippen MR) is 98.6 cm³/mol. The second kappa shape index (κ2) is 3.82. The van der Waals surface area contributed by atoms with Crippen LogP contribution in [0.3, 0.4) is 0 Å². The Morgan fingerprint density at radius 1 is 0.478 bits per heavy atom. The van der Waals surface area contributed by atoms with Crippen LogP contribution >= 0.6 is 0 Å². The summed E-state index contributed by atoms with van der Waals surface area (Å²) in [7, 11) is 0. The van der Waals surface area contributed by atoms with Crippen LogP contribution in [0.5, 0.6) is 0 Å². The van der Waals surface area contributed by atoms with Gasteiger partial charge in [0.25, 0.3) is 0 Å². The van der Waals surface area contributed by atoms with E-state index in [1.807, 2.05) is 0 Å². The lowest BCUT2D eigenvalue weighted by Crippen LogP contribution is -1.92. The van der Waals surface area contributed by atoms with Gasteiger partial charge >= 0.3 is 0 Å². The fourth-order valence-electron chi connectivity index (χ4n) is 4.23. The van der Waals surface area contributed by atoms with Crippen molar-refractivity contribution in [3.05, 3.63) is 79.0 Å². The Hall–Kier alpha value is -3.06. The molecule has 0 amide bonds. The van der Waals surface area contributed by atoms with Crippen molar-refractivity contribution in [2.24, 2.45) is 0 Å². The third-order valence-electron chi connectivity index (χ3n) is 5.15. The maximum absolute atomic E-state index is 2.35. The van der Waals surface area contributed by atoms with Crippen molar-refractivity contribution >= 4 is 48.7 Å². The fourth-order valence-corrected chi connectivity index (χ4v) is 4.23. The van der Waals surface area contributed by atoms with Crippen LogP contribution < -0.4 is 0 Å². The van der Waals surface area contributed by atoms with Crippen LogP contribution in [0.1, 0.15) is 0 Å². The highest BCUT2D eigenvalue weighted by Crippen LogP contribution is 2.41. The fraction of sp³-hybridized carbons (Fsp3) is 0. The molecular weight excluding hydrogens is 278 g/mol. The minimum absolute atomic E-state index is 1.28. The maximum Gasteiger partial charge on any atom is 0.0619 e. The summed E-state index contributed by atoms with van der Waals surface area (Å²) in [4.78, 5) is 0. The first-order chi connectivity index (χ1) is 11.4. The molecule has 0 saturated heterocycles. The van der Waals surface area contributed by atoms with Crippen molar-refractivity contribution in [2.45, 2.75) is 0 Å². The molecule has 0 unspecified atom stereocenters. The average molecular weight is 291 g/mol. The van der Waals surface area contributed by atoms with Gasteiger partial charge < -0.3 is 4.40 Å². The minimum Gasteiger partial charge on any atom is -0.315 e. The molecule has 2 aromatic heterocycles. The first-order valence-electron chi connectivity index (χ1n) is 7.98. The summed E-state index contributed by atoms with van der Waals surface area (Å²) in [6, 6.07) is 26.4. The second-order valence-corrected chi connectivity index (χ2v) is 6.24. The number of hydrogen-bond acceptors (Lipinski definition) is 0. The van der Waals surface area contributed by atoms with Crippen LogP contribution in [0.4, 0.5) is 0 Å². The van der Waals surface area contributed by atoms with Gasteiger partial charge in [-0.05, 0) is 33.7 Å². The van der Waals surface area contributed by atoms with E-state index in [0.29, 0.717) is 0 Å². The highest BCUT2D eigenvalue weighted by Gasteiger charge is 2.16. The van der Waals surface area contributed by atoms with Crippen molar-refractivity contribution in [1.82, 2.24) is 4.40 Å². The molecule has 4 aromatic carbocycles. The molecule has 0 N–H and O–H groups in total. The van der Waals surface area contributed by atoms with Gasteiger partial charge in [0.2, 0.25) is 0 Å². The highest BCUT2D eigenvalue weighted by molar-refractivity contribution is 6.32. The van der Waals surface area contributed by atoms with Crippen LogP contribution in [0.2, 0.25) is 0 Å². The SMILES string of the molecule is c1ccc2c(c1)c1cccc3c4ccccc4n4ccc2c4c13. The van der Waals surface area contributed by atoms with E-state index in [-0.39, 0.29) is 0 Å². The Kier molecular flexibility index (Phi) is 1.91. The number of benzene rings is 4. The van der Waals surface area contributed by atoms with Crippen LogP contribution in [-0.2, 0) is 0 Å². The molecule has 0 bridgehead atoms. The zero-order valence-corrected chi connectivity index (χ0v) is 12.5. The van der Waals surface area contributed by atoms with Crippen molar-refractivity contribution in [2.75, 3.05) is 0 Å². The number of hydrogen-bond donors (Lipinski definition) is 0. The summed E-state index contributed by atoms with van der Waals surface area (Å²) in [5.74, 6) is 0. The number of fused-ring (bicyclic) bond motifs is 6. The minimum atomic E-state index is 1.28. The van der Waals surface area contributed by atoms with Gasteiger partial charge in [0.1, 0.15) is 0 Å². The number of pyridine rings is 1. The molecule has 0 aliphatic rings. The topological polar surface area (TPSA) is 4.41 Å². The van der Waals surface area contributed by atoms with Crippen molar-refractivity contribution in [3.63, 3.8) is 0 Å². The molecular formula is C22H13N. The van der Waals surface area contributed by atoms with E-state index < -0.39 is 0 Å². The van der Waals surface area contributed by atoms with Gasteiger partial charge in [-0.15, -0.1) is 0 Å². The maximum atomic E-state index is 2.35. The molecule has 106 valence electrons.